The minimum Gasteiger partial charge on any atom is -0.378 e. The maximum absolute atomic E-state index is 11.9. The summed E-state index contributed by atoms with van der Waals surface area (Å²) in [5.74, 6) is 2.03. The molecule has 0 radical (unpaired) electrons. The number of carbonyl (C=O) groups excluding carboxylic acids is 1. The highest BCUT2D eigenvalue weighted by molar-refractivity contribution is 5.75. The molecule has 0 aromatic carbocycles. The van der Waals surface area contributed by atoms with Gasteiger partial charge in [0, 0.05) is 26.0 Å². The molecule has 2 aliphatic heterocycles. The normalized spacial score (nSPS) is 21.8. The Bertz CT molecular complexity index is 480. The van der Waals surface area contributed by atoms with Crippen LogP contribution in [0.3, 0.4) is 0 Å². The Morgan fingerprint density at radius 2 is 2.24 bits per heavy atom. The van der Waals surface area contributed by atoms with Crippen molar-refractivity contribution in [2.45, 2.75) is 70.6 Å². The second kappa shape index (κ2) is 7.02. The summed E-state index contributed by atoms with van der Waals surface area (Å²) in [6.07, 6.45) is 8.45. The minimum absolute atomic E-state index is 0.0801. The number of hydrogen-bond donors (Lipinski definition) is 1. The zero-order valence-electron chi connectivity index (χ0n) is 12.5. The van der Waals surface area contributed by atoms with Gasteiger partial charge in [-0.1, -0.05) is 6.42 Å². The van der Waals surface area contributed by atoms with E-state index in [0.29, 0.717) is 13.0 Å². The Kier molecular flexibility index (Phi) is 4.85. The molecule has 0 saturated carbocycles. The lowest BCUT2D eigenvalue weighted by Crippen LogP contribution is -2.25. The number of carbonyl (C=O) groups is 1. The molecule has 0 spiro atoms. The van der Waals surface area contributed by atoms with Crippen molar-refractivity contribution in [3.05, 3.63) is 11.6 Å². The van der Waals surface area contributed by atoms with Gasteiger partial charge in [-0.05, 0) is 32.1 Å². The largest absolute Gasteiger partial charge is 0.378 e. The molecule has 1 atom stereocenters. The zero-order valence-corrected chi connectivity index (χ0v) is 12.5. The van der Waals surface area contributed by atoms with E-state index in [1.165, 1.54) is 19.3 Å². The van der Waals surface area contributed by atoms with Crippen LogP contribution in [0.15, 0.2) is 0 Å². The SMILES string of the molecule is O=C(CC[C@H]1CCCO1)NCc1nnc2n1CCCCC2. The lowest BCUT2D eigenvalue weighted by Gasteiger charge is -2.10. The number of aromatic nitrogens is 3. The van der Waals surface area contributed by atoms with Gasteiger partial charge in [0.2, 0.25) is 5.91 Å². The highest BCUT2D eigenvalue weighted by Crippen LogP contribution is 2.17. The average molecular weight is 292 g/mol. The smallest absolute Gasteiger partial charge is 0.220 e. The second-order valence-electron chi connectivity index (χ2n) is 5.95. The molecule has 3 heterocycles. The van der Waals surface area contributed by atoms with Crippen molar-refractivity contribution in [2.24, 2.45) is 0 Å². The van der Waals surface area contributed by atoms with E-state index in [9.17, 15) is 4.79 Å². The fraction of sp³-hybridized carbons (Fsp3) is 0.800. The van der Waals surface area contributed by atoms with Crippen molar-refractivity contribution < 1.29 is 9.53 Å². The fourth-order valence-electron chi connectivity index (χ4n) is 3.11. The Morgan fingerprint density at radius 1 is 1.29 bits per heavy atom. The predicted molar refractivity (Wildman–Crippen MR) is 77.6 cm³/mol. The van der Waals surface area contributed by atoms with Crippen LogP contribution in [-0.2, 0) is 29.0 Å². The molecule has 0 unspecified atom stereocenters. The van der Waals surface area contributed by atoms with Crippen LogP contribution in [0.1, 0.15) is 56.6 Å². The van der Waals surface area contributed by atoms with Crippen molar-refractivity contribution >= 4 is 5.91 Å². The standard InChI is InChI=1S/C15H24N4O2/c20-15(8-7-12-5-4-10-21-12)16-11-14-18-17-13-6-2-1-3-9-19(13)14/h12H,1-11H2,(H,16,20)/t12-/m1/s1. The third kappa shape index (κ3) is 3.81. The maximum atomic E-state index is 11.9. The van der Waals surface area contributed by atoms with Gasteiger partial charge in [-0.3, -0.25) is 4.79 Å². The Balaban J connectivity index is 1.46. The van der Waals surface area contributed by atoms with Crippen molar-refractivity contribution in [2.75, 3.05) is 6.61 Å². The van der Waals surface area contributed by atoms with Gasteiger partial charge in [-0.2, -0.15) is 0 Å². The van der Waals surface area contributed by atoms with Gasteiger partial charge in [0.05, 0.1) is 12.6 Å². The van der Waals surface area contributed by atoms with E-state index < -0.39 is 0 Å². The summed E-state index contributed by atoms with van der Waals surface area (Å²) in [7, 11) is 0. The maximum Gasteiger partial charge on any atom is 0.220 e. The fourth-order valence-corrected chi connectivity index (χ4v) is 3.11. The molecule has 1 aromatic heterocycles. The van der Waals surface area contributed by atoms with Crippen LogP contribution in [0, 0.1) is 0 Å². The van der Waals surface area contributed by atoms with Gasteiger partial charge in [0.15, 0.2) is 5.82 Å². The second-order valence-corrected chi connectivity index (χ2v) is 5.95. The monoisotopic (exact) mass is 292 g/mol. The molecule has 6 heteroatoms. The number of ether oxygens (including phenoxy) is 1. The highest BCUT2D eigenvalue weighted by atomic mass is 16.5. The molecule has 0 bridgehead atoms. The van der Waals surface area contributed by atoms with Crippen molar-refractivity contribution in [1.82, 2.24) is 20.1 Å². The predicted octanol–water partition coefficient (Wildman–Crippen LogP) is 1.58. The van der Waals surface area contributed by atoms with E-state index in [4.69, 9.17) is 4.74 Å². The average Bonchev–Trinajstić information content (AvgIpc) is 3.08. The first-order chi connectivity index (χ1) is 10.3. The lowest BCUT2D eigenvalue weighted by atomic mass is 10.1. The number of hydrogen-bond acceptors (Lipinski definition) is 4. The molecule has 1 aromatic rings. The van der Waals surface area contributed by atoms with Crippen LogP contribution in [-0.4, -0.2) is 33.4 Å². The Hall–Kier alpha value is -1.43. The molecule has 3 rings (SSSR count). The third-order valence-corrected chi connectivity index (χ3v) is 4.35. The van der Waals surface area contributed by atoms with Gasteiger partial charge < -0.3 is 14.6 Å². The molecular weight excluding hydrogens is 268 g/mol. The van der Waals surface area contributed by atoms with E-state index in [-0.39, 0.29) is 12.0 Å². The number of rotatable bonds is 5. The first-order valence-electron chi connectivity index (χ1n) is 8.12. The van der Waals surface area contributed by atoms with Gasteiger partial charge in [-0.15, -0.1) is 10.2 Å². The number of nitrogens with zero attached hydrogens (tertiary/aromatic N) is 3. The van der Waals surface area contributed by atoms with Crippen LogP contribution < -0.4 is 5.32 Å². The molecule has 0 aliphatic carbocycles. The number of nitrogens with one attached hydrogen (secondary N) is 1. The molecule has 1 saturated heterocycles. The number of aryl methyl sites for hydroxylation is 1. The molecule has 21 heavy (non-hydrogen) atoms. The van der Waals surface area contributed by atoms with Crippen LogP contribution in [0.5, 0.6) is 0 Å². The zero-order chi connectivity index (χ0) is 14.5. The summed E-state index contributed by atoms with van der Waals surface area (Å²) < 4.78 is 7.71. The van der Waals surface area contributed by atoms with E-state index in [0.717, 1.165) is 50.5 Å². The Morgan fingerprint density at radius 3 is 3.10 bits per heavy atom. The third-order valence-electron chi connectivity index (χ3n) is 4.35. The van der Waals surface area contributed by atoms with Crippen molar-refractivity contribution in [3.63, 3.8) is 0 Å². The Labute approximate surface area is 125 Å². The van der Waals surface area contributed by atoms with Crippen LogP contribution in [0.25, 0.3) is 0 Å². The quantitative estimate of drug-likeness (QED) is 0.894. The molecule has 1 fully saturated rings. The summed E-state index contributed by atoms with van der Waals surface area (Å²) in [4.78, 5) is 11.9. The summed E-state index contributed by atoms with van der Waals surface area (Å²) in [5, 5.41) is 11.4. The minimum atomic E-state index is 0.0801. The molecule has 6 nitrogen and oxygen atoms in total. The van der Waals surface area contributed by atoms with Crippen molar-refractivity contribution in [3.8, 4) is 0 Å². The van der Waals surface area contributed by atoms with Crippen LogP contribution in [0.4, 0.5) is 0 Å². The lowest BCUT2D eigenvalue weighted by molar-refractivity contribution is -0.121. The summed E-state index contributed by atoms with van der Waals surface area (Å²) in [6, 6.07) is 0. The van der Waals surface area contributed by atoms with Crippen molar-refractivity contribution in [1.29, 1.82) is 0 Å². The number of amides is 1. The van der Waals surface area contributed by atoms with Crippen LogP contribution >= 0.6 is 0 Å². The first kappa shape index (κ1) is 14.5. The molecule has 2 aliphatic rings. The molecule has 1 amide bonds. The van der Waals surface area contributed by atoms with Gasteiger partial charge in [0.1, 0.15) is 5.82 Å². The topological polar surface area (TPSA) is 69.0 Å². The van der Waals surface area contributed by atoms with Gasteiger partial charge in [-0.25, -0.2) is 0 Å². The number of fused-ring (bicyclic) bond motifs is 1. The summed E-state index contributed by atoms with van der Waals surface area (Å²) in [6.45, 7) is 2.30. The van der Waals surface area contributed by atoms with Gasteiger partial charge >= 0.3 is 0 Å². The summed E-state index contributed by atoms with van der Waals surface area (Å²) in [5.41, 5.74) is 0. The molecule has 116 valence electrons. The molecule has 1 N–H and O–H groups in total. The van der Waals surface area contributed by atoms with E-state index in [2.05, 4.69) is 20.1 Å². The van der Waals surface area contributed by atoms with Gasteiger partial charge in [0.25, 0.3) is 0 Å². The summed E-state index contributed by atoms with van der Waals surface area (Å²) >= 11 is 0. The van der Waals surface area contributed by atoms with E-state index in [1.54, 1.807) is 0 Å². The van der Waals surface area contributed by atoms with E-state index >= 15 is 0 Å². The molecular formula is C15H24N4O2. The first-order valence-corrected chi connectivity index (χ1v) is 8.12. The highest BCUT2D eigenvalue weighted by Gasteiger charge is 2.18. The van der Waals surface area contributed by atoms with Crippen LogP contribution in [0.2, 0.25) is 0 Å². The van der Waals surface area contributed by atoms with E-state index in [1.807, 2.05) is 0 Å².